The van der Waals surface area contributed by atoms with Crippen molar-refractivity contribution < 1.29 is 4.79 Å². The Morgan fingerprint density at radius 1 is 1.06 bits per heavy atom. The lowest BCUT2D eigenvalue weighted by molar-refractivity contribution is 0.0939. The first-order valence-electron chi connectivity index (χ1n) is 12.3. The highest BCUT2D eigenvalue weighted by atomic mass is 16.1. The summed E-state index contributed by atoms with van der Waals surface area (Å²) in [6, 6.07) is 14.3. The van der Waals surface area contributed by atoms with Crippen molar-refractivity contribution in [1.29, 1.82) is 0 Å². The SMILES string of the molecule is Cc1cccc(CC(C)NC(=O)c2cnn(-c3ncc4c(n3)-c3ccccc3CC4)c2C2CC2)n1. The number of benzene rings is 1. The number of amides is 1. The minimum absolute atomic E-state index is 0.0521. The summed E-state index contributed by atoms with van der Waals surface area (Å²) in [7, 11) is 0. The molecule has 4 aromatic rings. The molecular formula is C28H28N6O. The molecule has 3 heterocycles. The zero-order chi connectivity index (χ0) is 23.9. The monoisotopic (exact) mass is 464 g/mol. The van der Waals surface area contributed by atoms with Crippen LogP contribution < -0.4 is 5.32 Å². The first-order chi connectivity index (χ1) is 17.1. The molecule has 7 heteroatoms. The Morgan fingerprint density at radius 2 is 1.89 bits per heavy atom. The van der Waals surface area contributed by atoms with Crippen molar-refractivity contribution in [3.8, 4) is 17.2 Å². The van der Waals surface area contributed by atoms with Crippen LogP contribution in [0.1, 0.15) is 64.2 Å². The van der Waals surface area contributed by atoms with Crippen LogP contribution >= 0.6 is 0 Å². The highest BCUT2D eigenvalue weighted by molar-refractivity contribution is 5.95. The van der Waals surface area contributed by atoms with E-state index in [1.165, 1.54) is 5.56 Å². The number of nitrogens with zero attached hydrogens (tertiary/aromatic N) is 5. The molecule has 2 aliphatic carbocycles. The normalized spacial score (nSPS) is 15.3. The molecule has 3 aromatic heterocycles. The number of aryl methyl sites for hydroxylation is 3. The lowest BCUT2D eigenvalue weighted by atomic mass is 9.90. The van der Waals surface area contributed by atoms with Crippen molar-refractivity contribution in [2.45, 2.75) is 57.9 Å². The molecule has 1 saturated carbocycles. The Balaban J connectivity index is 1.29. The molecule has 7 nitrogen and oxygen atoms in total. The molecule has 2 aliphatic rings. The van der Waals surface area contributed by atoms with Gasteiger partial charge in [-0.05, 0) is 62.8 Å². The van der Waals surface area contributed by atoms with E-state index in [9.17, 15) is 4.79 Å². The lowest BCUT2D eigenvalue weighted by Crippen LogP contribution is -2.34. The number of hydrogen-bond acceptors (Lipinski definition) is 5. The summed E-state index contributed by atoms with van der Waals surface area (Å²) < 4.78 is 1.77. The second kappa shape index (κ2) is 8.73. The van der Waals surface area contributed by atoms with Crippen molar-refractivity contribution in [3.05, 3.63) is 88.6 Å². The highest BCUT2D eigenvalue weighted by Gasteiger charge is 2.34. The van der Waals surface area contributed by atoms with E-state index in [1.54, 1.807) is 10.9 Å². The summed E-state index contributed by atoms with van der Waals surface area (Å²) in [5, 5.41) is 7.74. The van der Waals surface area contributed by atoms with Gasteiger partial charge in [0.2, 0.25) is 0 Å². The predicted octanol–water partition coefficient (Wildman–Crippen LogP) is 4.37. The predicted molar refractivity (Wildman–Crippen MR) is 134 cm³/mol. The second-order valence-corrected chi connectivity index (χ2v) is 9.68. The van der Waals surface area contributed by atoms with Crippen LogP contribution in [0.2, 0.25) is 0 Å². The standard InChI is InChI=1S/C28H28N6O/c1-17-6-5-8-22(31-17)14-18(2)32-27(35)24-16-30-34(26(24)20-11-12-20)28-29-15-21-13-10-19-7-3-4-9-23(19)25(21)33-28/h3-9,15-16,18,20H,10-14H2,1-2H3,(H,32,35). The van der Waals surface area contributed by atoms with E-state index in [-0.39, 0.29) is 11.9 Å². The first kappa shape index (κ1) is 21.6. The average Bonchev–Trinajstić information content (AvgIpc) is 3.60. The second-order valence-electron chi connectivity index (χ2n) is 9.68. The van der Waals surface area contributed by atoms with Gasteiger partial charge >= 0.3 is 0 Å². The zero-order valence-electron chi connectivity index (χ0n) is 20.0. The Kier molecular flexibility index (Phi) is 5.40. The number of fused-ring (bicyclic) bond motifs is 3. The molecule has 0 saturated heterocycles. The van der Waals surface area contributed by atoms with Crippen molar-refractivity contribution in [3.63, 3.8) is 0 Å². The van der Waals surface area contributed by atoms with Crippen LogP contribution in [0.25, 0.3) is 17.2 Å². The summed E-state index contributed by atoms with van der Waals surface area (Å²) in [6.45, 7) is 3.98. The first-order valence-corrected chi connectivity index (χ1v) is 12.3. The number of aromatic nitrogens is 5. The van der Waals surface area contributed by atoms with E-state index in [0.717, 1.165) is 59.6 Å². The molecule has 6 rings (SSSR count). The molecule has 176 valence electrons. The van der Waals surface area contributed by atoms with Crippen molar-refractivity contribution in [2.24, 2.45) is 0 Å². The van der Waals surface area contributed by atoms with E-state index in [2.05, 4.69) is 44.6 Å². The van der Waals surface area contributed by atoms with E-state index in [1.807, 2.05) is 38.2 Å². The van der Waals surface area contributed by atoms with Gasteiger partial charge in [0.05, 0.1) is 23.1 Å². The molecular weight excluding hydrogens is 436 g/mol. The quantitative estimate of drug-likeness (QED) is 0.458. The van der Waals surface area contributed by atoms with E-state index >= 15 is 0 Å². The van der Waals surface area contributed by atoms with Gasteiger partial charge in [-0.3, -0.25) is 9.78 Å². The number of nitrogens with one attached hydrogen (secondary N) is 1. The highest BCUT2D eigenvalue weighted by Crippen LogP contribution is 2.42. The van der Waals surface area contributed by atoms with Crippen molar-refractivity contribution in [1.82, 2.24) is 30.0 Å². The summed E-state index contributed by atoms with van der Waals surface area (Å²) in [6.07, 6.45) is 8.28. The summed E-state index contributed by atoms with van der Waals surface area (Å²) in [5.74, 6) is 0.721. The van der Waals surface area contributed by atoms with Crippen LogP contribution in [0.4, 0.5) is 0 Å². The average molecular weight is 465 g/mol. The van der Waals surface area contributed by atoms with Crippen LogP contribution in [0, 0.1) is 6.92 Å². The minimum atomic E-state index is -0.110. The Morgan fingerprint density at radius 3 is 2.71 bits per heavy atom. The van der Waals surface area contributed by atoms with Crippen molar-refractivity contribution in [2.75, 3.05) is 0 Å². The van der Waals surface area contributed by atoms with Crippen LogP contribution in [0.15, 0.2) is 54.9 Å². The van der Waals surface area contributed by atoms with Crippen LogP contribution in [0.5, 0.6) is 0 Å². The maximum atomic E-state index is 13.3. The van der Waals surface area contributed by atoms with Gasteiger partial charge < -0.3 is 5.32 Å². The Hall–Kier alpha value is -3.87. The smallest absolute Gasteiger partial charge is 0.255 e. The fourth-order valence-electron chi connectivity index (χ4n) is 4.98. The molecule has 35 heavy (non-hydrogen) atoms. The number of hydrogen-bond donors (Lipinski definition) is 1. The van der Waals surface area contributed by atoms with Crippen molar-refractivity contribution >= 4 is 5.91 Å². The van der Waals surface area contributed by atoms with Gasteiger partial charge in [0, 0.05) is 41.5 Å². The Labute approximate surface area is 204 Å². The van der Waals surface area contributed by atoms with Crippen LogP contribution in [-0.2, 0) is 19.3 Å². The molecule has 1 atom stereocenters. The van der Waals surface area contributed by atoms with Crippen LogP contribution in [0.3, 0.4) is 0 Å². The van der Waals surface area contributed by atoms with Gasteiger partial charge in [0.15, 0.2) is 0 Å². The molecule has 0 spiro atoms. The van der Waals surface area contributed by atoms with Crippen LogP contribution in [-0.4, -0.2) is 36.7 Å². The van der Waals surface area contributed by atoms with Gasteiger partial charge in [-0.2, -0.15) is 5.10 Å². The minimum Gasteiger partial charge on any atom is -0.349 e. The zero-order valence-corrected chi connectivity index (χ0v) is 20.0. The van der Waals surface area contributed by atoms with Gasteiger partial charge in [-0.15, -0.1) is 0 Å². The van der Waals surface area contributed by atoms with E-state index in [0.29, 0.717) is 23.9 Å². The van der Waals surface area contributed by atoms with E-state index in [4.69, 9.17) is 4.98 Å². The van der Waals surface area contributed by atoms with Gasteiger partial charge in [-0.1, -0.05) is 30.3 Å². The fraction of sp³-hybridized carbons (Fsp3) is 0.321. The number of carbonyl (C=O) groups is 1. The summed E-state index contributed by atoms with van der Waals surface area (Å²) in [5.41, 5.74) is 8.07. The third kappa shape index (κ3) is 4.22. The number of rotatable bonds is 6. The third-order valence-electron chi connectivity index (χ3n) is 6.83. The molecule has 0 radical (unpaired) electrons. The summed E-state index contributed by atoms with van der Waals surface area (Å²) in [4.78, 5) is 27.4. The maximum Gasteiger partial charge on any atom is 0.255 e. The molecule has 1 aromatic carbocycles. The molecule has 1 fully saturated rings. The van der Waals surface area contributed by atoms with Gasteiger partial charge in [0.1, 0.15) is 0 Å². The topological polar surface area (TPSA) is 85.6 Å². The summed E-state index contributed by atoms with van der Waals surface area (Å²) >= 11 is 0. The maximum absolute atomic E-state index is 13.3. The van der Waals surface area contributed by atoms with Gasteiger partial charge in [-0.25, -0.2) is 14.6 Å². The largest absolute Gasteiger partial charge is 0.349 e. The lowest BCUT2D eigenvalue weighted by Gasteiger charge is -2.19. The number of carbonyl (C=O) groups excluding carboxylic acids is 1. The van der Waals surface area contributed by atoms with Gasteiger partial charge in [0.25, 0.3) is 11.9 Å². The third-order valence-corrected chi connectivity index (χ3v) is 6.83. The number of pyridine rings is 1. The molecule has 1 amide bonds. The Bertz CT molecular complexity index is 1420. The molecule has 1 N–H and O–H groups in total. The molecule has 0 aliphatic heterocycles. The fourth-order valence-corrected chi connectivity index (χ4v) is 4.98. The molecule has 1 unspecified atom stereocenters. The van der Waals surface area contributed by atoms with E-state index < -0.39 is 0 Å². The molecule has 0 bridgehead atoms.